The molecule has 0 atom stereocenters. The summed E-state index contributed by atoms with van der Waals surface area (Å²) in [7, 11) is 0. The zero-order chi connectivity index (χ0) is 14.5. The average Bonchev–Trinajstić information content (AvgIpc) is 2.27. The third kappa shape index (κ3) is 5.80. The number of nitrogens with zero attached hydrogens (tertiary/aromatic N) is 2. The summed E-state index contributed by atoms with van der Waals surface area (Å²) < 4.78 is 0. The van der Waals surface area contributed by atoms with Crippen LogP contribution in [0.3, 0.4) is 0 Å². The van der Waals surface area contributed by atoms with Crippen molar-refractivity contribution in [2.45, 2.75) is 32.7 Å². The number of nitrogens with one attached hydrogen (secondary N) is 2. The van der Waals surface area contributed by atoms with Crippen LogP contribution >= 0.6 is 0 Å². The number of carbonyl (C=O) groups is 2. The first-order chi connectivity index (χ1) is 8.78. The molecule has 3 N–H and O–H groups in total. The first kappa shape index (κ1) is 14.9. The molecular formula is C12H18N4O3. The molecule has 0 aliphatic carbocycles. The van der Waals surface area contributed by atoms with Crippen LogP contribution in [0, 0.1) is 0 Å². The quantitative estimate of drug-likeness (QED) is 0.731. The fraction of sp³-hybridized carbons (Fsp3) is 0.500. The molecule has 0 spiro atoms. The highest BCUT2D eigenvalue weighted by Gasteiger charge is 2.13. The summed E-state index contributed by atoms with van der Waals surface area (Å²) >= 11 is 0. The second-order valence-corrected chi connectivity index (χ2v) is 5.08. The van der Waals surface area contributed by atoms with Gasteiger partial charge < -0.3 is 15.7 Å². The average molecular weight is 266 g/mol. The van der Waals surface area contributed by atoms with Crippen LogP contribution in [0.4, 0.5) is 5.82 Å². The Morgan fingerprint density at radius 3 is 2.42 bits per heavy atom. The normalized spacial score (nSPS) is 10.9. The zero-order valence-electron chi connectivity index (χ0n) is 11.2. The molecule has 0 bridgehead atoms. The van der Waals surface area contributed by atoms with E-state index in [0.29, 0.717) is 18.8 Å². The molecule has 1 aromatic heterocycles. The number of anilines is 1. The standard InChI is InChI=1S/C12H18N4O3/c1-12(2,3)14-10(17)6-7-13-9-5-4-8(11(18)19)15-16-9/h4-5H,6-7H2,1-3H3,(H,13,16)(H,14,17)(H,18,19). The lowest BCUT2D eigenvalue weighted by molar-refractivity contribution is -0.122. The molecule has 1 aromatic rings. The van der Waals surface area contributed by atoms with Gasteiger partial charge in [0.05, 0.1) is 0 Å². The highest BCUT2D eigenvalue weighted by molar-refractivity contribution is 5.85. The van der Waals surface area contributed by atoms with Gasteiger partial charge in [0.25, 0.3) is 0 Å². The van der Waals surface area contributed by atoms with Crippen molar-refractivity contribution < 1.29 is 14.7 Å². The number of carboxylic acid groups (broad SMARTS) is 1. The number of aromatic carboxylic acids is 1. The Kier molecular flexibility index (Phi) is 4.80. The van der Waals surface area contributed by atoms with Crippen molar-refractivity contribution in [1.82, 2.24) is 15.5 Å². The molecule has 0 saturated carbocycles. The van der Waals surface area contributed by atoms with Crippen LogP contribution in [-0.4, -0.2) is 39.3 Å². The van der Waals surface area contributed by atoms with E-state index < -0.39 is 5.97 Å². The predicted molar refractivity (Wildman–Crippen MR) is 70.0 cm³/mol. The molecule has 7 heteroatoms. The number of aromatic nitrogens is 2. The van der Waals surface area contributed by atoms with Crippen molar-refractivity contribution in [2.24, 2.45) is 0 Å². The van der Waals surface area contributed by atoms with Crippen molar-refractivity contribution in [3.63, 3.8) is 0 Å². The molecule has 1 rings (SSSR count). The smallest absolute Gasteiger partial charge is 0.356 e. The molecule has 7 nitrogen and oxygen atoms in total. The van der Waals surface area contributed by atoms with E-state index in [2.05, 4.69) is 20.8 Å². The minimum absolute atomic E-state index is 0.0601. The van der Waals surface area contributed by atoms with Crippen molar-refractivity contribution in [3.8, 4) is 0 Å². The monoisotopic (exact) mass is 266 g/mol. The van der Waals surface area contributed by atoms with Crippen LogP contribution in [0.2, 0.25) is 0 Å². The maximum atomic E-state index is 11.5. The lowest BCUT2D eigenvalue weighted by atomic mass is 10.1. The minimum Gasteiger partial charge on any atom is -0.476 e. The molecule has 19 heavy (non-hydrogen) atoms. The van der Waals surface area contributed by atoms with Gasteiger partial charge in [-0.05, 0) is 32.9 Å². The first-order valence-corrected chi connectivity index (χ1v) is 5.90. The van der Waals surface area contributed by atoms with Crippen LogP contribution in [0.1, 0.15) is 37.7 Å². The van der Waals surface area contributed by atoms with Crippen LogP contribution in [0.25, 0.3) is 0 Å². The Hall–Kier alpha value is -2.18. The van der Waals surface area contributed by atoms with Gasteiger partial charge in [-0.1, -0.05) is 0 Å². The van der Waals surface area contributed by atoms with E-state index in [-0.39, 0.29) is 17.1 Å². The second-order valence-electron chi connectivity index (χ2n) is 5.08. The highest BCUT2D eigenvalue weighted by Crippen LogP contribution is 2.03. The lowest BCUT2D eigenvalue weighted by Gasteiger charge is -2.20. The molecular weight excluding hydrogens is 248 g/mol. The Balaban J connectivity index is 2.37. The van der Waals surface area contributed by atoms with Crippen molar-refractivity contribution in [3.05, 3.63) is 17.8 Å². The zero-order valence-corrected chi connectivity index (χ0v) is 11.2. The van der Waals surface area contributed by atoms with E-state index in [1.54, 1.807) is 0 Å². The van der Waals surface area contributed by atoms with E-state index in [0.717, 1.165) is 0 Å². The molecule has 0 saturated heterocycles. The summed E-state index contributed by atoms with van der Waals surface area (Å²) in [6.07, 6.45) is 0.305. The number of carbonyl (C=O) groups excluding carboxylic acids is 1. The Morgan fingerprint density at radius 2 is 1.95 bits per heavy atom. The van der Waals surface area contributed by atoms with Crippen LogP contribution in [0.5, 0.6) is 0 Å². The van der Waals surface area contributed by atoms with Gasteiger partial charge in [-0.2, -0.15) is 0 Å². The highest BCUT2D eigenvalue weighted by atomic mass is 16.4. The molecule has 104 valence electrons. The fourth-order valence-electron chi connectivity index (χ4n) is 1.33. The van der Waals surface area contributed by atoms with E-state index in [4.69, 9.17) is 5.11 Å². The summed E-state index contributed by atoms with van der Waals surface area (Å²) in [6.45, 7) is 6.14. The van der Waals surface area contributed by atoms with Crippen molar-refractivity contribution in [1.29, 1.82) is 0 Å². The third-order valence-corrected chi connectivity index (χ3v) is 2.06. The van der Waals surface area contributed by atoms with E-state index in [1.807, 2.05) is 20.8 Å². The Bertz CT molecular complexity index is 451. The number of hydrogen-bond donors (Lipinski definition) is 3. The number of hydrogen-bond acceptors (Lipinski definition) is 5. The maximum Gasteiger partial charge on any atom is 0.356 e. The minimum atomic E-state index is -1.12. The molecule has 0 radical (unpaired) electrons. The summed E-state index contributed by atoms with van der Waals surface area (Å²) in [5.74, 6) is -0.743. The third-order valence-electron chi connectivity index (χ3n) is 2.06. The van der Waals surface area contributed by atoms with Crippen LogP contribution in [-0.2, 0) is 4.79 Å². The topological polar surface area (TPSA) is 104 Å². The van der Waals surface area contributed by atoms with Gasteiger partial charge in [0.15, 0.2) is 5.69 Å². The predicted octanol–water partition coefficient (Wildman–Crippen LogP) is 0.891. The SMILES string of the molecule is CC(C)(C)NC(=O)CCNc1ccc(C(=O)O)nn1. The second kappa shape index (κ2) is 6.12. The van der Waals surface area contributed by atoms with Crippen molar-refractivity contribution >= 4 is 17.7 Å². The molecule has 1 amide bonds. The summed E-state index contributed by atoms with van der Waals surface area (Å²) in [5, 5.41) is 21.6. The largest absolute Gasteiger partial charge is 0.476 e. The Labute approximate surface area is 111 Å². The number of amides is 1. The lowest BCUT2D eigenvalue weighted by Crippen LogP contribution is -2.41. The summed E-state index contributed by atoms with van der Waals surface area (Å²) in [5.41, 5.74) is -0.365. The van der Waals surface area contributed by atoms with Gasteiger partial charge in [-0.25, -0.2) is 4.79 Å². The molecule has 0 aliphatic rings. The number of rotatable bonds is 5. The van der Waals surface area contributed by atoms with Gasteiger partial charge in [0.2, 0.25) is 5.91 Å². The van der Waals surface area contributed by atoms with Gasteiger partial charge in [0, 0.05) is 18.5 Å². The van der Waals surface area contributed by atoms with Crippen LogP contribution in [0.15, 0.2) is 12.1 Å². The molecule has 1 heterocycles. The first-order valence-electron chi connectivity index (χ1n) is 5.90. The molecule has 0 unspecified atom stereocenters. The molecule has 0 aliphatic heterocycles. The molecule has 0 aromatic carbocycles. The van der Waals surface area contributed by atoms with Crippen LogP contribution < -0.4 is 10.6 Å². The van der Waals surface area contributed by atoms with Gasteiger partial charge in [0.1, 0.15) is 5.82 Å². The Morgan fingerprint density at radius 1 is 1.26 bits per heavy atom. The number of carboxylic acids is 1. The van der Waals surface area contributed by atoms with Gasteiger partial charge >= 0.3 is 5.97 Å². The van der Waals surface area contributed by atoms with Gasteiger partial charge in [-0.3, -0.25) is 4.79 Å². The van der Waals surface area contributed by atoms with Crippen molar-refractivity contribution in [2.75, 3.05) is 11.9 Å². The summed E-state index contributed by atoms with van der Waals surface area (Å²) in [4.78, 5) is 22.1. The van der Waals surface area contributed by atoms with Gasteiger partial charge in [-0.15, -0.1) is 10.2 Å². The fourth-order valence-corrected chi connectivity index (χ4v) is 1.33. The van der Waals surface area contributed by atoms with E-state index >= 15 is 0 Å². The van der Waals surface area contributed by atoms with E-state index in [1.165, 1.54) is 12.1 Å². The maximum absolute atomic E-state index is 11.5. The molecule has 0 fully saturated rings. The summed E-state index contributed by atoms with van der Waals surface area (Å²) in [6, 6.07) is 2.87. The van der Waals surface area contributed by atoms with E-state index in [9.17, 15) is 9.59 Å².